The maximum Gasteiger partial charge on any atom is 0.347 e. The molecule has 0 bridgehead atoms. The lowest BCUT2D eigenvalue weighted by molar-refractivity contribution is -0.162. The minimum atomic E-state index is -0.730. The van der Waals surface area contributed by atoms with Gasteiger partial charge in [-0.05, 0) is 0 Å². The van der Waals surface area contributed by atoms with E-state index in [1.165, 1.54) is 6.26 Å². The van der Waals surface area contributed by atoms with Gasteiger partial charge in [0.1, 0.15) is 13.2 Å². The predicted molar refractivity (Wildman–Crippen MR) is 46.2 cm³/mol. The molecular weight excluding hydrogens is 188 g/mol. The Morgan fingerprint density at radius 1 is 1.64 bits per heavy atom. The molecule has 14 heavy (non-hydrogen) atoms. The number of cyclic esters (lactones) is 1. The lowest BCUT2D eigenvalue weighted by atomic mass is 10.2. The van der Waals surface area contributed by atoms with Gasteiger partial charge in [-0.1, -0.05) is 6.58 Å². The predicted octanol–water partition coefficient (Wildman–Crippen LogP) is 0.395. The van der Waals surface area contributed by atoms with Crippen molar-refractivity contribution in [2.75, 3.05) is 13.2 Å². The van der Waals surface area contributed by atoms with Crippen molar-refractivity contribution in [2.45, 2.75) is 18.9 Å². The summed E-state index contributed by atoms with van der Waals surface area (Å²) < 4.78 is 14.2. The van der Waals surface area contributed by atoms with Crippen LogP contribution in [0.1, 0.15) is 12.8 Å². The lowest BCUT2D eigenvalue weighted by Gasteiger charge is -2.08. The highest BCUT2D eigenvalue weighted by molar-refractivity contribution is 5.82. The highest BCUT2D eigenvalue weighted by atomic mass is 16.6. The summed E-state index contributed by atoms with van der Waals surface area (Å²) in [6.45, 7) is 3.73. The number of ether oxygens (including phenoxy) is 3. The van der Waals surface area contributed by atoms with E-state index >= 15 is 0 Å². The minimum absolute atomic E-state index is 0.138. The molecule has 5 heteroatoms. The Morgan fingerprint density at radius 3 is 3.00 bits per heavy atom. The fraction of sp³-hybridized carbons (Fsp3) is 0.556. The van der Waals surface area contributed by atoms with Gasteiger partial charge in [0.2, 0.25) is 0 Å². The van der Waals surface area contributed by atoms with Gasteiger partial charge in [0, 0.05) is 12.8 Å². The molecule has 1 heterocycles. The van der Waals surface area contributed by atoms with Crippen LogP contribution in [0.5, 0.6) is 0 Å². The first-order chi connectivity index (χ1) is 6.74. The maximum absolute atomic E-state index is 11.2. The third-order valence-corrected chi connectivity index (χ3v) is 1.71. The molecule has 0 aromatic carbocycles. The molecule has 1 aliphatic rings. The van der Waals surface area contributed by atoms with Crippen molar-refractivity contribution < 1.29 is 23.8 Å². The molecule has 1 unspecified atom stereocenters. The largest absolute Gasteiger partial charge is 0.498 e. The molecule has 0 saturated carbocycles. The van der Waals surface area contributed by atoms with Gasteiger partial charge >= 0.3 is 11.9 Å². The molecule has 1 fully saturated rings. The van der Waals surface area contributed by atoms with Gasteiger partial charge in [-0.3, -0.25) is 4.79 Å². The van der Waals surface area contributed by atoms with E-state index in [9.17, 15) is 9.59 Å². The number of hydrogen-bond donors (Lipinski definition) is 0. The van der Waals surface area contributed by atoms with E-state index in [0.29, 0.717) is 6.42 Å². The molecule has 0 aliphatic carbocycles. The smallest absolute Gasteiger partial charge is 0.347 e. The zero-order valence-electron chi connectivity index (χ0n) is 7.73. The van der Waals surface area contributed by atoms with Crippen molar-refractivity contribution in [3.8, 4) is 0 Å². The van der Waals surface area contributed by atoms with E-state index in [1.807, 2.05) is 0 Å². The highest BCUT2D eigenvalue weighted by Gasteiger charge is 2.30. The van der Waals surface area contributed by atoms with Crippen molar-refractivity contribution in [3.05, 3.63) is 12.8 Å². The van der Waals surface area contributed by atoms with E-state index in [0.717, 1.165) is 0 Å². The molecule has 0 N–H and O–H groups in total. The number of hydrogen-bond acceptors (Lipinski definition) is 5. The van der Waals surface area contributed by atoms with E-state index in [-0.39, 0.29) is 25.6 Å². The summed E-state index contributed by atoms with van der Waals surface area (Å²) in [6, 6.07) is 0. The zero-order chi connectivity index (χ0) is 10.4. The summed E-state index contributed by atoms with van der Waals surface area (Å²) in [7, 11) is 0. The summed E-state index contributed by atoms with van der Waals surface area (Å²) in [4.78, 5) is 21.8. The Kier molecular flexibility index (Phi) is 3.97. The van der Waals surface area contributed by atoms with Crippen molar-refractivity contribution in [1.82, 2.24) is 0 Å². The molecular formula is C9H12O5. The number of carbonyl (C=O) groups is 2. The SMILES string of the molecule is C=COCCOC(=O)C1CCC(=O)O1. The zero-order valence-corrected chi connectivity index (χ0v) is 7.73. The first-order valence-corrected chi connectivity index (χ1v) is 4.32. The maximum atomic E-state index is 11.2. The van der Waals surface area contributed by atoms with Crippen LogP contribution >= 0.6 is 0 Å². The molecule has 1 saturated heterocycles. The summed E-state index contributed by atoms with van der Waals surface area (Å²) in [5.74, 6) is -0.863. The Hall–Kier alpha value is -1.52. The van der Waals surface area contributed by atoms with Crippen LogP contribution in [-0.4, -0.2) is 31.3 Å². The van der Waals surface area contributed by atoms with Crippen LogP contribution in [0.15, 0.2) is 12.8 Å². The molecule has 1 aliphatic heterocycles. The Labute approximate surface area is 81.6 Å². The normalized spacial score (nSPS) is 20.0. The molecule has 0 aromatic heterocycles. The fourth-order valence-corrected chi connectivity index (χ4v) is 1.06. The van der Waals surface area contributed by atoms with Gasteiger partial charge in [0.25, 0.3) is 0 Å². The molecule has 78 valence electrons. The van der Waals surface area contributed by atoms with E-state index in [4.69, 9.17) is 14.2 Å². The number of carbonyl (C=O) groups excluding carboxylic acids is 2. The van der Waals surface area contributed by atoms with Gasteiger partial charge < -0.3 is 14.2 Å². The topological polar surface area (TPSA) is 61.8 Å². The summed E-state index contributed by atoms with van der Waals surface area (Å²) in [5.41, 5.74) is 0. The standard InChI is InChI=1S/C9H12O5/c1-2-12-5-6-13-9(11)7-3-4-8(10)14-7/h2,7H,1,3-6H2. The third-order valence-electron chi connectivity index (χ3n) is 1.71. The second kappa shape index (κ2) is 5.26. The van der Waals surface area contributed by atoms with Crippen LogP contribution in [0.4, 0.5) is 0 Å². The second-order valence-corrected chi connectivity index (χ2v) is 2.72. The lowest BCUT2D eigenvalue weighted by Crippen LogP contribution is -2.24. The van der Waals surface area contributed by atoms with Gasteiger partial charge in [0.05, 0.1) is 6.26 Å². The molecule has 0 spiro atoms. The first-order valence-electron chi connectivity index (χ1n) is 4.32. The van der Waals surface area contributed by atoms with E-state index in [2.05, 4.69) is 6.58 Å². The van der Waals surface area contributed by atoms with Crippen LogP contribution in [0.2, 0.25) is 0 Å². The monoisotopic (exact) mass is 200 g/mol. The fourth-order valence-electron chi connectivity index (χ4n) is 1.06. The highest BCUT2D eigenvalue weighted by Crippen LogP contribution is 2.14. The van der Waals surface area contributed by atoms with Gasteiger partial charge in [-0.25, -0.2) is 4.79 Å². The van der Waals surface area contributed by atoms with Crippen molar-refractivity contribution in [2.24, 2.45) is 0 Å². The minimum Gasteiger partial charge on any atom is -0.498 e. The van der Waals surface area contributed by atoms with Gasteiger partial charge in [-0.15, -0.1) is 0 Å². The van der Waals surface area contributed by atoms with Gasteiger partial charge in [0.15, 0.2) is 6.10 Å². The second-order valence-electron chi connectivity index (χ2n) is 2.72. The van der Waals surface area contributed by atoms with E-state index in [1.54, 1.807) is 0 Å². The molecule has 1 rings (SSSR count). The van der Waals surface area contributed by atoms with Crippen molar-refractivity contribution >= 4 is 11.9 Å². The molecule has 5 nitrogen and oxygen atoms in total. The van der Waals surface area contributed by atoms with Crippen LogP contribution in [0, 0.1) is 0 Å². The average molecular weight is 200 g/mol. The molecule has 0 aromatic rings. The first kappa shape index (κ1) is 10.6. The number of esters is 2. The van der Waals surface area contributed by atoms with Crippen LogP contribution in [0.25, 0.3) is 0 Å². The number of rotatable bonds is 5. The third kappa shape index (κ3) is 3.08. The Morgan fingerprint density at radius 2 is 2.43 bits per heavy atom. The van der Waals surface area contributed by atoms with Gasteiger partial charge in [-0.2, -0.15) is 0 Å². The van der Waals surface area contributed by atoms with Crippen molar-refractivity contribution in [3.63, 3.8) is 0 Å². The summed E-state index contributed by atoms with van der Waals surface area (Å²) >= 11 is 0. The van der Waals surface area contributed by atoms with Crippen LogP contribution in [-0.2, 0) is 23.8 Å². The summed E-state index contributed by atoms with van der Waals surface area (Å²) in [5, 5.41) is 0. The molecule has 0 amide bonds. The summed E-state index contributed by atoms with van der Waals surface area (Å²) in [6.07, 6.45) is 1.22. The van der Waals surface area contributed by atoms with Crippen molar-refractivity contribution in [1.29, 1.82) is 0 Å². The quantitative estimate of drug-likeness (QED) is 0.365. The van der Waals surface area contributed by atoms with Crippen LogP contribution < -0.4 is 0 Å². The molecule has 0 radical (unpaired) electrons. The Balaban J connectivity index is 2.15. The average Bonchev–Trinajstić information content (AvgIpc) is 2.59. The van der Waals surface area contributed by atoms with Crippen LogP contribution in [0.3, 0.4) is 0 Å². The Bertz CT molecular complexity index is 235. The van der Waals surface area contributed by atoms with E-state index < -0.39 is 12.1 Å². The molecule has 1 atom stereocenters.